The zero-order valence-corrected chi connectivity index (χ0v) is 7.36. The van der Waals surface area contributed by atoms with Crippen LogP contribution in [0.4, 0.5) is 0 Å². The molecular formula is C7H12N6. The zero-order valence-electron chi connectivity index (χ0n) is 7.36. The highest BCUT2D eigenvalue weighted by atomic mass is 15.3. The lowest BCUT2D eigenvalue weighted by molar-refractivity contribution is 0.864. The third-order valence-corrected chi connectivity index (χ3v) is 1.41. The molecule has 0 bridgehead atoms. The maximum Gasteiger partial charge on any atom is 0.203 e. The van der Waals surface area contributed by atoms with Crippen molar-refractivity contribution in [3.8, 4) is 0 Å². The normalized spacial score (nSPS) is 11.4. The molecule has 0 aromatic carbocycles. The van der Waals surface area contributed by atoms with Crippen LogP contribution in [0.15, 0.2) is 17.1 Å². The highest BCUT2D eigenvalue weighted by Gasteiger charge is 1.93. The first kappa shape index (κ1) is 9.40. The molecule has 13 heavy (non-hydrogen) atoms. The molecule has 6 nitrogen and oxygen atoms in total. The highest BCUT2D eigenvalue weighted by Crippen LogP contribution is 1.96. The number of rotatable bonds is 2. The molecule has 0 amide bonds. The molecule has 5 N–H and O–H groups in total. The molecule has 0 aliphatic carbocycles. The number of nitrogens with two attached hydrogens (primary N) is 2. The minimum Gasteiger partial charge on any atom is -0.369 e. The average molecular weight is 180 g/mol. The van der Waals surface area contributed by atoms with Gasteiger partial charge in [0, 0.05) is 0 Å². The third kappa shape index (κ3) is 3.04. The Hall–Kier alpha value is -1.69. The summed E-state index contributed by atoms with van der Waals surface area (Å²) >= 11 is 0. The van der Waals surface area contributed by atoms with Gasteiger partial charge in [-0.25, -0.2) is 10.8 Å². The number of hydrogen-bond acceptors (Lipinski definition) is 4. The van der Waals surface area contributed by atoms with E-state index < -0.39 is 0 Å². The van der Waals surface area contributed by atoms with Crippen molar-refractivity contribution in [3.05, 3.63) is 23.5 Å². The number of hydrazine groups is 1. The molecule has 6 heteroatoms. The summed E-state index contributed by atoms with van der Waals surface area (Å²) in [7, 11) is 0. The van der Waals surface area contributed by atoms with Crippen LogP contribution in [0.1, 0.15) is 11.4 Å². The Morgan fingerprint density at radius 2 is 2.31 bits per heavy atom. The minimum atomic E-state index is 0.183. The summed E-state index contributed by atoms with van der Waals surface area (Å²) in [5.41, 5.74) is 9.17. The van der Waals surface area contributed by atoms with E-state index in [1.807, 2.05) is 19.1 Å². The molecule has 0 saturated heterocycles. The van der Waals surface area contributed by atoms with E-state index in [9.17, 15) is 0 Å². The van der Waals surface area contributed by atoms with Gasteiger partial charge in [-0.1, -0.05) is 0 Å². The van der Waals surface area contributed by atoms with E-state index in [2.05, 4.69) is 20.6 Å². The number of nitrogens with zero attached hydrogens (tertiary/aromatic N) is 3. The van der Waals surface area contributed by atoms with Crippen molar-refractivity contribution in [3.63, 3.8) is 0 Å². The molecule has 0 aliphatic rings. The smallest absolute Gasteiger partial charge is 0.203 e. The van der Waals surface area contributed by atoms with Crippen molar-refractivity contribution < 1.29 is 0 Å². The van der Waals surface area contributed by atoms with E-state index in [1.165, 1.54) is 0 Å². The van der Waals surface area contributed by atoms with Crippen LogP contribution in [0.2, 0.25) is 0 Å². The molecule has 0 unspecified atom stereocenters. The van der Waals surface area contributed by atoms with Gasteiger partial charge in [0.15, 0.2) is 0 Å². The summed E-state index contributed by atoms with van der Waals surface area (Å²) in [6.07, 6.45) is 0. The van der Waals surface area contributed by atoms with Crippen molar-refractivity contribution in [1.29, 1.82) is 0 Å². The van der Waals surface area contributed by atoms with E-state index in [4.69, 9.17) is 11.6 Å². The summed E-state index contributed by atoms with van der Waals surface area (Å²) in [6, 6.07) is 3.71. The Morgan fingerprint density at radius 3 is 2.85 bits per heavy atom. The van der Waals surface area contributed by atoms with Gasteiger partial charge < -0.3 is 5.73 Å². The lowest BCUT2D eigenvalue weighted by Gasteiger charge is -1.98. The van der Waals surface area contributed by atoms with Gasteiger partial charge in [-0.3, -0.25) is 5.43 Å². The van der Waals surface area contributed by atoms with Crippen molar-refractivity contribution in [1.82, 2.24) is 15.6 Å². The molecule has 0 fully saturated rings. The van der Waals surface area contributed by atoms with Crippen LogP contribution in [0, 0.1) is 6.92 Å². The number of aromatic nitrogens is 2. The van der Waals surface area contributed by atoms with Crippen molar-refractivity contribution in [2.75, 3.05) is 0 Å². The quantitative estimate of drug-likeness (QED) is 0.236. The van der Waals surface area contributed by atoms with Gasteiger partial charge in [-0.05, 0) is 19.1 Å². The largest absolute Gasteiger partial charge is 0.369 e. The zero-order chi connectivity index (χ0) is 9.68. The van der Waals surface area contributed by atoms with Gasteiger partial charge in [-0.15, -0.1) is 0 Å². The Labute approximate surface area is 76.0 Å². The number of hydrogen-bond donors (Lipinski definition) is 3. The lowest BCUT2D eigenvalue weighted by atomic mass is 10.3. The molecule has 0 spiro atoms. The van der Waals surface area contributed by atoms with Crippen LogP contribution < -0.4 is 17.0 Å². The van der Waals surface area contributed by atoms with E-state index in [1.54, 1.807) is 0 Å². The molecule has 1 heterocycles. The molecule has 0 radical (unpaired) electrons. The predicted molar refractivity (Wildman–Crippen MR) is 49.4 cm³/mol. The van der Waals surface area contributed by atoms with E-state index in [0.29, 0.717) is 6.54 Å². The average Bonchev–Trinajstić information content (AvgIpc) is 2.16. The topological polar surface area (TPSA) is 102 Å². The first-order chi connectivity index (χ1) is 6.22. The molecule has 1 aromatic heterocycles. The van der Waals surface area contributed by atoms with Crippen LogP contribution in [0.25, 0.3) is 0 Å². The van der Waals surface area contributed by atoms with Crippen LogP contribution in [-0.2, 0) is 6.54 Å². The first-order valence-electron chi connectivity index (χ1n) is 3.78. The number of guanidine groups is 1. The number of nitrogens with one attached hydrogen (secondary N) is 1. The molecule has 0 aliphatic heterocycles. The molecule has 1 rings (SSSR count). The van der Waals surface area contributed by atoms with Gasteiger partial charge in [0.05, 0.1) is 17.9 Å². The van der Waals surface area contributed by atoms with Crippen LogP contribution >= 0.6 is 0 Å². The second kappa shape index (κ2) is 4.36. The number of aryl methyl sites for hydroxylation is 1. The summed E-state index contributed by atoms with van der Waals surface area (Å²) in [6.45, 7) is 2.25. The fraction of sp³-hybridized carbons (Fsp3) is 0.286. The molecular weight excluding hydrogens is 168 g/mol. The van der Waals surface area contributed by atoms with Gasteiger partial charge in [-0.2, -0.15) is 10.2 Å². The molecule has 0 saturated carbocycles. The fourth-order valence-electron chi connectivity index (χ4n) is 0.723. The molecule has 0 atom stereocenters. The fourth-order valence-corrected chi connectivity index (χ4v) is 0.723. The Morgan fingerprint density at radius 1 is 1.54 bits per heavy atom. The summed E-state index contributed by atoms with van der Waals surface area (Å²) in [5, 5.41) is 7.77. The van der Waals surface area contributed by atoms with Gasteiger partial charge >= 0.3 is 0 Å². The Balaban J connectivity index is 2.60. The second-order valence-corrected chi connectivity index (χ2v) is 2.51. The van der Waals surface area contributed by atoms with Gasteiger partial charge in [0.1, 0.15) is 0 Å². The van der Waals surface area contributed by atoms with E-state index in [-0.39, 0.29) is 5.96 Å². The monoisotopic (exact) mass is 180 g/mol. The van der Waals surface area contributed by atoms with Gasteiger partial charge in [0.2, 0.25) is 5.96 Å². The minimum absolute atomic E-state index is 0.183. The van der Waals surface area contributed by atoms with Crippen LogP contribution in [0.3, 0.4) is 0 Å². The standard InChI is InChI=1S/C7H12N6/c1-5-2-3-6(13-12-5)4-10-7(8)11-9/h2-3H,4,9H2,1H3,(H3,8,10,11). The Kier molecular flexibility index (Phi) is 3.15. The maximum absolute atomic E-state index is 5.32. The Bertz CT molecular complexity index is 290. The summed E-state index contributed by atoms with van der Waals surface area (Å²) < 4.78 is 0. The second-order valence-electron chi connectivity index (χ2n) is 2.51. The van der Waals surface area contributed by atoms with Crippen molar-refractivity contribution in [2.24, 2.45) is 16.6 Å². The van der Waals surface area contributed by atoms with Crippen LogP contribution in [0.5, 0.6) is 0 Å². The third-order valence-electron chi connectivity index (χ3n) is 1.41. The van der Waals surface area contributed by atoms with Gasteiger partial charge in [0.25, 0.3) is 0 Å². The lowest BCUT2D eigenvalue weighted by Crippen LogP contribution is -2.37. The molecule has 1 aromatic rings. The summed E-state index contributed by atoms with van der Waals surface area (Å²) in [5.74, 6) is 5.20. The predicted octanol–water partition coefficient (Wildman–Crippen LogP) is -0.937. The van der Waals surface area contributed by atoms with E-state index >= 15 is 0 Å². The number of aliphatic imine (C=N–C) groups is 1. The summed E-state index contributed by atoms with van der Waals surface area (Å²) in [4.78, 5) is 3.90. The van der Waals surface area contributed by atoms with E-state index in [0.717, 1.165) is 11.4 Å². The maximum atomic E-state index is 5.32. The van der Waals surface area contributed by atoms with Crippen molar-refractivity contribution >= 4 is 5.96 Å². The highest BCUT2D eigenvalue weighted by molar-refractivity contribution is 5.76. The van der Waals surface area contributed by atoms with Crippen molar-refractivity contribution in [2.45, 2.75) is 13.5 Å². The first-order valence-corrected chi connectivity index (χ1v) is 3.78. The van der Waals surface area contributed by atoms with Crippen LogP contribution in [-0.4, -0.2) is 16.2 Å². The molecule has 70 valence electrons. The SMILES string of the molecule is Cc1ccc(CN=C(N)NN)nn1.